The smallest absolute Gasteiger partial charge is 0.164 e. The van der Waals surface area contributed by atoms with E-state index in [0.29, 0.717) is 45.1 Å². The number of hydrogen-bond donors (Lipinski definition) is 1. The number of rotatable bonds is 12. The van der Waals surface area contributed by atoms with Crippen LogP contribution in [0.15, 0.2) is 60.7 Å². The maximum Gasteiger partial charge on any atom is 0.164 e. The zero-order chi connectivity index (χ0) is 21.9. The molecule has 166 valence electrons. The number of Topliss-reactive ketones (excluding diaryl/α,β-unsaturated/α-hetero) is 1. The molecule has 0 bridgehead atoms. The molecule has 4 nitrogen and oxygen atoms in total. The highest BCUT2D eigenvalue weighted by Crippen LogP contribution is 2.33. The number of ether oxygens (including phenoxy) is 1. The lowest BCUT2D eigenvalue weighted by Gasteiger charge is -2.35. The van der Waals surface area contributed by atoms with Crippen LogP contribution in [-0.4, -0.2) is 28.9 Å². The van der Waals surface area contributed by atoms with Gasteiger partial charge in [0.15, 0.2) is 5.78 Å². The summed E-state index contributed by atoms with van der Waals surface area (Å²) >= 11 is 0. The van der Waals surface area contributed by atoms with Gasteiger partial charge in [0, 0.05) is 12.8 Å². The first-order chi connectivity index (χ1) is 15.1. The van der Waals surface area contributed by atoms with Crippen LogP contribution in [-0.2, 0) is 20.9 Å². The van der Waals surface area contributed by atoms with E-state index in [0.717, 1.165) is 31.1 Å². The first-order valence-electron chi connectivity index (χ1n) is 11.5. The molecule has 4 heteroatoms. The van der Waals surface area contributed by atoms with Gasteiger partial charge < -0.3 is 14.6 Å². The highest BCUT2D eigenvalue weighted by molar-refractivity contribution is 5.87. The third kappa shape index (κ3) is 7.12. The normalized spacial score (nSPS) is 22.0. The van der Waals surface area contributed by atoms with Crippen molar-refractivity contribution < 1.29 is 19.4 Å². The number of benzene rings is 2. The lowest BCUT2D eigenvalue weighted by molar-refractivity contribution is -0.144. The molecule has 1 fully saturated rings. The predicted octanol–water partition coefficient (Wildman–Crippen LogP) is 5.38. The topological polar surface area (TPSA) is 63.6 Å². The third-order valence-corrected chi connectivity index (χ3v) is 6.47. The summed E-state index contributed by atoms with van der Waals surface area (Å²) in [5.41, 5.74) is 1.14. The molecule has 1 aliphatic rings. The van der Waals surface area contributed by atoms with E-state index in [-0.39, 0.29) is 17.8 Å². The molecule has 0 heterocycles. The van der Waals surface area contributed by atoms with Gasteiger partial charge in [-0.05, 0) is 62.0 Å². The largest absolute Gasteiger partial charge is 0.382 e. The maximum atomic E-state index is 12.8. The van der Waals surface area contributed by atoms with E-state index < -0.39 is 5.60 Å². The van der Waals surface area contributed by atoms with Gasteiger partial charge in [0.1, 0.15) is 11.9 Å². The highest BCUT2D eigenvalue weighted by atomic mass is 16.5. The molecule has 0 radical (unpaired) electrons. The van der Waals surface area contributed by atoms with E-state index in [1.54, 1.807) is 0 Å². The van der Waals surface area contributed by atoms with Crippen molar-refractivity contribution in [1.29, 1.82) is 0 Å². The Labute approximate surface area is 185 Å². The van der Waals surface area contributed by atoms with Gasteiger partial charge in [0.2, 0.25) is 0 Å². The summed E-state index contributed by atoms with van der Waals surface area (Å²) in [7, 11) is 0. The van der Waals surface area contributed by atoms with Gasteiger partial charge in [-0.25, -0.2) is 0 Å². The first kappa shape index (κ1) is 23.4. The number of aliphatic hydroxyl groups is 1. The molecule has 0 saturated heterocycles. The second-order valence-corrected chi connectivity index (χ2v) is 8.69. The summed E-state index contributed by atoms with van der Waals surface area (Å²) < 4.78 is 5.99. The molecule has 31 heavy (non-hydrogen) atoms. The zero-order valence-electron chi connectivity index (χ0n) is 18.2. The SMILES string of the molecule is O=CCC[C@H](CCCC(=O)C1(O)CCC(OCc2ccccc2)CC1)c1ccccc1. The van der Waals surface area contributed by atoms with Gasteiger partial charge >= 0.3 is 0 Å². The number of carbonyl (C=O) groups is 2. The van der Waals surface area contributed by atoms with Crippen molar-refractivity contribution in [1.82, 2.24) is 0 Å². The van der Waals surface area contributed by atoms with Gasteiger partial charge in [0.05, 0.1) is 12.7 Å². The predicted molar refractivity (Wildman–Crippen MR) is 122 cm³/mol. The lowest BCUT2D eigenvalue weighted by Crippen LogP contribution is -2.43. The number of ketones is 1. The fraction of sp³-hybridized carbons (Fsp3) is 0.481. The van der Waals surface area contributed by atoms with Gasteiger partial charge in [0.25, 0.3) is 0 Å². The summed E-state index contributed by atoms with van der Waals surface area (Å²) in [6.07, 6.45) is 6.71. The van der Waals surface area contributed by atoms with E-state index in [2.05, 4.69) is 12.1 Å². The monoisotopic (exact) mass is 422 g/mol. The van der Waals surface area contributed by atoms with E-state index >= 15 is 0 Å². The van der Waals surface area contributed by atoms with Crippen molar-refractivity contribution in [3.8, 4) is 0 Å². The Kier molecular flexibility index (Phi) is 8.98. The molecule has 0 spiro atoms. The molecule has 1 N–H and O–H groups in total. The van der Waals surface area contributed by atoms with Crippen LogP contribution in [0.25, 0.3) is 0 Å². The summed E-state index contributed by atoms with van der Waals surface area (Å²) in [5, 5.41) is 10.9. The Hall–Kier alpha value is -2.30. The molecule has 0 unspecified atom stereocenters. The fourth-order valence-corrected chi connectivity index (χ4v) is 4.52. The molecular formula is C27H34O4. The van der Waals surface area contributed by atoms with E-state index in [9.17, 15) is 14.7 Å². The lowest BCUT2D eigenvalue weighted by atomic mass is 9.78. The van der Waals surface area contributed by atoms with Crippen molar-refractivity contribution in [2.24, 2.45) is 0 Å². The number of aldehydes is 1. The minimum atomic E-state index is -1.21. The molecule has 0 amide bonds. The summed E-state index contributed by atoms with van der Waals surface area (Å²) in [6.45, 7) is 0.569. The van der Waals surface area contributed by atoms with Crippen LogP contribution in [0, 0.1) is 0 Å². The second-order valence-electron chi connectivity index (χ2n) is 8.69. The van der Waals surface area contributed by atoms with Crippen LogP contribution in [0.3, 0.4) is 0 Å². The fourth-order valence-electron chi connectivity index (χ4n) is 4.52. The van der Waals surface area contributed by atoms with Crippen molar-refractivity contribution in [2.45, 2.75) is 82.0 Å². The van der Waals surface area contributed by atoms with Gasteiger partial charge in [-0.3, -0.25) is 4.79 Å². The summed E-state index contributed by atoms with van der Waals surface area (Å²) in [6, 6.07) is 20.2. The molecule has 0 aliphatic heterocycles. The minimum Gasteiger partial charge on any atom is -0.382 e. The molecule has 0 aromatic heterocycles. The molecular weight excluding hydrogens is 388 g/mol. The average Bonchev–Trinajstić information content (AvgIpc) is 2.82. The van der Waals surface area contributed by atoms with Crippen molar-refractivity contribution in [2.75, 3.05) is 0 Å². The maximum absolute atomic E-state index is 12.8. The standard InChI is InChI=1S/C27H34O4/c28-20-8-14-24(23-11-5-2-6-12-23)13-7-15-26(29)27(30)18-16-25(17-19-27)31-21-22-9-3-1-4-10-22/h1-6,9-12,20,24-25,30H,7-8,13-19,21H2/t24-,25?,27?/m0/s1. The molecule has 2 aromatic carbocycles. The van der Waals surface area contributed by atoms with Crippen LogP contribution in [0.2, 0.25) is 0 Å². The summed E-state index contributed by atoms with van der Waals surface area (Å²) in [5.74, 6) is 0.229. The molecule has 1 saturated carbocycles. The quantitative estimate of drug-likeness (QED) is 0.467. The Morgan fingerprint density at radius 2 is 1.68 bits per heavy atom. The first-order valence-corrected chi connectivity index (χ1v) is 11.5. The summed E-state index contributed by atoms with van der Waals surface area (Å²) in [4.78, 5) is 23.6. The van der Waals surface area contributed by atoms with Crippen molar-refractivity contribution >= 4 is 12.1 Å². The highest BCUT2D eigenvalue weighted by Gasteiger charge is 2.39. The van der Waals surface area contributed by atoms with Crippen LogP contribution in [0.4, 0.5) is 0 Å². The van der Waals surface area contributed by atoms with E-state index in [1.165, 1.54) is 5.56 Å². The van der Waals surface area contributed by atoms with Crippen LogP contribution in [0.5, 0.6) is 0 Å². The zero-order valence-corrected chi connectivity index (χ0v) is 18.2. The van der Waals surface area contributed by atoms with Crippen LogP contribution in [0.1, 0.15) is 74.8 Å². The van der Waals surface area contributed by atoms with Crippen molar-refractivity contribution in [3.63, 3.8) is 0 Å². The Morgan fingerprint density at radius 3 is 2.32 bits per heavy atom. The molecule has 1 atom stereocenters. The van der Waals surface area contributed by atoms with Crippen LogP contribution >= 0.6 is 0 Å². The Bertz CT molecular complexity index is 795. The van der Waals surface area contributed by atoms with Gasteiger partial charge in [-0.2, -0.15) is 0 Å². The second kappa shape index (κ2) is 11.9. The van der Waals surface area contributed by atoms with Gasteiger partial charge in [-0.15, -0.1) is 0 Å². The van der Waals surface area contributed by atoms with E-state index in [4.69, 9.17) is 4.74 Å². The van der Waals surface area contributed by atoms with Gasteiger partial charge in [-0.1, -0.05) is 60.7 Å². The molecule has 2 aromatic rings. The van der Waals surface area contributed by atoms with E-state index in [1.807, 2.05) is 48.5 Å². The molecule has 3 rings (SSSR count). The number of carbonyl (C=O) groups excluding carboxylic acids is 2. The molecule has 1 aliphatic carbocycles. The Balaban J connectivity index is 1.42. The van der Waals surface area contributed by atoms with Crippen LogP contribution < -0.4 is 0 Å². The average molecular weight is 423 g/mol. The minimum absolute atomic E-state index is 0.0452. The third-order valence-electron chi connectivity index (χ3n) is 6.47. The van der Waals surface area contributed by atoms with Crippen molar-refractivity contribution in [3.05, 3.63) is 71.8 Å². The Morgan fingerprint density at radius 1 is 1.03 bits per heavy atom. The number of hydrogen-bond acceptors (Lipinski definition) is 4.